The summed E-state index contributed by atoms with van der Waals surface area (Å²) in [4.78, 5) is 11.5. The number of benzene rings is 2. The summed E-state index contributed by atoms with van der Waals surface area (Å²) in [6, 6.07) is 9.37. The fraction of sp³-hybridized carbons (Fsp3) is 0.133. The molecular weight excluding hydrogens is 273 g/mol. The zero-order valence-corrected chi connectivity index (χ0v) is 11.7. The van der Waals surface area contributed by atoms with Crippen molar-refractivity contribution < 1.29 is 13.9 Å². The minimum absolute atomic E-state index is 0.170. The van der Waals surface area contributed by atoms with E-state index in [0.29, 0.717) is 22.6 Å². The van der Waals surface area contributed by atoms with Gasteiger partial charge in [-0.1, -0.05) is 0 Å². The zero-order chi connectivity index (χ0) is 15.4. The van der Waals surface area contributed by atoms with E-state index in [-0.39, 0.29) is 11.7 Å². The topological polar surface area (TPSA) is 76.4 Å². The molecule has 0 heterocycles. The van der Waals surface area contributed by atoms with Gasteiger partial charge in [-0.3, -0.25) is 4.79 Å². The van der Waals surface area contributed by atoms with Gasteiger partial charge in [-0.25, -0.2) is 4.39 Å². The Morgan fingerprint density at radius 1 is 1.24 bits per heavy atom. The van der Waals surface area contributed by atoms with Crippen molar-refractivity contribution in [1.82, 2.24) is 5.32 Å². The van der Waals surface area contributed by atoms with E-state index in [4.69, 9.17) is 10.5 Å². The molecule has 0 aliphatic rings. The molecule has 0 spiro atoms. The molecule has 0 bridgehead atoms. The lowest BCUT2D eigenvalue weighted by atomic mass is 10.1. The Bertz CT molecular complexity index is 674. The number of nitrogens with one attached hydrogen (secondary N) is 2. The molecule has 0 radical (unpaired) electrons. The van der Waals surface area contributed by atoms with Crippen molar-refractivity contribution in [3.05, 3.63) is 47.8 Å². The summed E-state index contributed by atoms with van der Waals surface area (Å²) < 4.78 is 18.5. The molecule has 21 heavy (non-hydrogen) atoms. The third kappa shape index (κ3) is 3.22. The molecule has 110 valence electrons. The van der Waals surface area contributed by atoms with Crippen LogP contribution in [-0.4, -0.2) is 20.1 Å². The number of rotatable bonds is 4. The number of anilines is 3. The second kappa shape index (κ2) is 6.13. The van der Waals surface area contributed by atoms with Crippen LogP contribution < -0.4 is 21.1 Å². The molecule has 0 saturated heterocycles. The van der Waals surface area contributed by atoms with Gasteiger partial charge in [0.2, 0.25) is 0 Å². The number of halogens is 1. The first-order valence-corrected chi connectivity index (χ1v) is 6.27. The van der Waals surface area contributed by atoms with Crippen LogP contribution in [0.25, 0.3) is 0 Å². The number of amides is 1. The summed E-state index contributed by atoms with van der Waals surface area (Å²) >= 11 is 0. The van der Waals surface area contributed by atoms with Crippen LogP contribution in [0.3, 0.4) is 0 Å². The van der Waals surface area contributed by atoms with Crippen molar-refractivity contribution in [2.45, 2.75) is 0 Å². The molecule has 2 aromatic carbocycles. The second-order valence-corrected chi connectivity index (χ2v) is 4.36. The van der Waals surface area contributed by atoms with Crippen molar-refractivity contribution in [2.24, 2.45) is 0 Å². The number of carbonyl (C=O) groups is 1. The molecular formula is C15H16FN3O2. The molecule has 0 fully saturated rings. The fourth-order valence-corrected chi connectivity index (χ4v) is 1.86. The molecule has 2 rings (SSSR count). The minimum atomic E-state index is -0.469. The van der Waals surface area contributed by atoms with Gasteiger partial charge < -0.3 is 21.1 Å². The maximum absolute atomic E-state index is 13.6. The van der Waals surface area contributed by atoms with Crippen molar-refractivity contribution >= 4 is 23.0 Å². The highest BCUT2D eigenvalue weighted by molar-refractivity contribution is 5.96. The Hall–Kier alpha value is -2.76. The maximum atomic E-state index is 13.6. The summed E-state index contributed by atoms with van der Waals surface area (Å²) in [5.41, 5.74) is 7.88. The van der Waals surface area contributed by atoms with Gasteiger partial charge in [0.15, 0.2) is 11.6 Å². The van der Waals surface area contributed by atoms with Gasteiger partial charge in [0.05, 0.1) is 18.5 Å². The predicted molar refractivity (Wildman–Crippen MR) is 80.5 cm³/mol. The molecule has 2 aromatic rings. The van der Waals surface area contributed by atoms with Gasteiger partial charge in [-0.2, -0.15) is 0 Å². The Morgan fingerprint density at radius 2 is 2.00 bits per heavy atom. The normalized spacial score (nSPS) is 10.0. The molecule has 0 aliphatic heterocycles. The van der Waals surface area contributed by atoms with Gasteiger partial charge >= 0.3 is 0 Å². The van der Waals surface area contributed by atoms with E-state index in [1.807, 2.05) is 0 Å². The Balaban J connectivity index is 2.24. The number of hydrogen-bond donors (Lipinski definition) is 3. The van der Waals surface area contributed by atoms with Gasteiger partial charge in [0.25, 0.3) is 5.91 Å². The Kier molecular flexibility index (Phi) is 4.27. The summed E-state index contributed by atoms with van der Waals surface area (Å²) in [6.45, 7) is 0. The lowest BCUT2D eigenvalue weighted by Gasteiger charge is -2.11. The van der Waals surface area contributed by atoms with Gasteiger partial charge in [0, 0.05) is 24.4 Å². The number of hydrogen-bond acceptors (Lipinski definition) is 4. The van der Waals surface area contributed by atoms with Crippen molar-refractivity contribution in [3.63, 3.8) is 0 Å². The lowest BCUT2D eigenvalue weighted by Crippen LogP contribution is -2.17. The van der Waals surface area contributed by atoms with E-state index in [2.05, 4.69) is 10.6 Å². The third-order valence-electron chi connectivity index (χ3n) is 2.97. The Morgan fingerprint density at radius 3 is 2.57 bits per heavy atom. The summed E-state index contributed by atoms with van der Waals surface area (Å²) in [5, 5.41) is 5.52. The number of carbonyl (C=O) groups excluding carboxylic acids is 1. The molecule has 4 N–H and O–H groups in total. The van der Waals surface area contributed by atoms with Crippen LogP contribution in [0.4, 0.5) is 21.5 Å². The first-order chi connectivity index (χ1) is 10.0. The Labute approximate surface area is 121 Å². The highest BCUT2D eigenvalue weighted by atomic mass is 19.1. The first-order valence-electron chi connectivity index (χ1n) is 6.27. The third-order valence-corrected chi connectivity index (χ3v) is 2.97. The molecule has 5 nitrogen and oxygen atoms in total. The van der Waals surface area contributed by atoms with E-state index in [9.17, 15) is 9.18 Å². The molecule has 0 saturated carbocycles. The van der Waals surface area contributed by atoms with Crippen molar-refractivity contribution in [1.29, 1.82) is 0 Å². The smallest absolute Gasteiger partial charge is 0.251 e. The van der Waals surface area contributed by atoms with Crippen molar-refractivity contribution in [3.8, 4) is 5.75 Å². The largest absolute Gasteiger partial charge is 0.494 e. The molecule has 1 amide bonds. The van der Waals surface area contributed by atoms with Crippen LogP contribution in [0.1, 0.15) is 10.4 Å². The minimum Gasteiger partial charge on any atom is -0.494 e. The van der Waals surface area contributed by atoms with Crippen molar-refractivity contribution in [2.75, 3.05) is 25.2 Å². The predicted octanol–water partition coefficient (Wildman–Crippen LogP) is 2.52. The number of methoxy groups -OCH3 is 1. The lowest BCUT2D eigenvalue weighted by molar-refractivity contribution is 0.0963. The average molecular weight is 289 g/mol. The summed E-state index contributed by atoms with van der Waals surface area (Å²) in [7, 11) is 2.95. The molecule has 0 unspecified atom stereocenters. The maximum Gasteiger partial charge on any atom is 0.251 e. The van der Waals surface area contributed by atoms with Crippen LogP contribution in [-0.2, 0) is 0 Å². The monoisotopic (exact) mass is 289 g/mol. The number of nitrogen functional groups attached to an aromatic ring is 1. The second-order valence-electron chi connectivity index (χ2n) is 4.36. The van der Waals surface area contributed by atoms with Crippen LogP contribution in [0.5, 0.6) is 5.75 Å². The van der Waals surface area contributed by atoms with E-state index >= 15 is 0 Å². The van der Waals surface area contributed by atoms with Gasteiger partial charge in [-0.05, 0) is 30.3 Å². The van der Waals surface area contributed by atoms with E-state index in [1.54, 1.807) is 31.3 Å². The quantitative estimate of drug-likeness (QED) is 0.756. The molecule has 0 aliphatic carbocycles. The molecule has 0 atom stereocenters. The van der Waals surface area contributed by atoms with Crippen LogP contribution in [0.2, 0.25) is 0 Å². The summed E-state index contributed by atoms with van der Waals surface area (Å²) in [6.07, 6.45) is 0. The van der Waals surface area contributed by atoms with Gasteiger partial charge in [0.1, 0.15) is 0 Å². The number of ether oxygens (including phenoxy) is 1. The summed E-state index contributed by atoms with van der Waals surface area (Å²) in [5.74, 6) is -0.518. The average Bonchev–Trinajstić information content (AvgIpc) is 2.48. The van der Waals surface area contributed by atoms with E-state index in [0.717, 1.165) is 0 Å². The fourth-order valence-electron chi connectivity index (χ4n) is 1.86. The van der Waals surface area contributed by atoms with E-state index in [1.165, 1.54) is 19.2 Å². The number of nitrogens with two attached hydrogens (primary N) is 1. The van der Waals surface area contributed by atoms with Crippen LogP contribution in [0.15, 0.2) is 36.4 Å². The van der Waals surface area contributed by atoms with Gasteiger partial charge in [-0.15, -0.1) is 0 Å². The first kappa shape index (κ1) is 14.6. The standard InChI is InChI=1S/C15H16FN3O2/c1-18-15(20)9-3-5-13(12(17)7-9)19-10-4-6-14(21-2)11(16)8-10/h3-8,19H,17H2,1-2H3,(H,18,20). The van der Waals surface area contributed by atoms with Crippen LogP contribution >= 0.6 is 0 Å². The molecule has 0 aromatic heterocycles. The SMILES string of the molecule is CNC(=O)c1ccc(Nc2ccc(OC)c(F)c2)c(N)c1. The molecule has 6 heteroatoms. The highest BCUT2D eigenvalue weighted by Crippen LogP contribution is 2.27. The zero-order valence-electron chi connectivity index (χ0n) is 11.7. The highest BCUT2D eigenvalue weighted by Gasteiger charge is 2.08. The van der Waals surface area contributed by atoms with E-state index < -0.39 is 5.82 Å². The van der Waals surface area contributed by atoms with Crippen LogP contribution in [0, 0.1) is 5.82 Å².